The van der Waals surface area contributed by atoms with E-state index in [2.05, 4.69) is 15.3 Å². The number of pyridine rings is 2. The number of fused-ring (bicyclic) bond motifs is 2. The number of cyclic esters (lactones) is 1. The van der Waals surface area contributed by atoms with Gasteiger partial charge < -0.3 is 30.0 Å². The van der Waals surface area contributed by atoms with Crippen molar-refractivity contribution in [2.45, 2.75) is 18.6 Å². The second-order valence-electron chi connectivity index (χ2n) is 8.19. The molecule has 5 rings (SSSR count). The number of nitrogens with zero attached hydrogens (tertiary/aromatic N) is 3. The summed E-state index contributed by atoms with van der Waals surface area (Å²) in [6, 6.07) is 9.77. The summed E-state index contributed by atoms with van der Waals surface area (Å²) in [6.45, 7) is 1.37. The van der Waals surface area contributed by atoms with E-state index >= 15 is 0 Å². The van der Waals surface area contributed by atoms with Crippen molar-refractivity contribution in [1.29, 1.82) is 0 Å². The van der Waals surface area contributed by atoms with Gasteiger partial charge in [-0.2, -0.15) is 0 Å². The first kappa shape index (κ1) is 22.7. The van der Waals surface area contributed by atoms with Gasteiger partial charge in [0.2, 0.25) is 11.8 Å². The first-order valence-electron chi connectivity index (χ1n) is 11.2. The lowest BCUT2D eigenvalue weighted by molar-refractivity contribution is -0.122. The number of hydrogen-bond donors (Lipinski definition) is 2. The smallest absolute Gasteiger partial charge is 0.414 e. The molecule has 1 fully saturated rings. The Kier molecular flexibility index (Phi) is 6.23. The molecule has 1 aromatic carbocycles. The van der Waals surface area contributed by atoms with Crippen molar-refractivity contribution in [2.75, 3.05) is 38.3 Å². The number of carbonyl (C=O) groups is 2. The largest absolute Gasteiger partial charge is 0.486 e. The van der Waals surface area contributed by atoms with Crippen molar-refractivity contribution >= 4 is 28.7 Å². The third-order valence-corrected chi connectivity index (χ3v) is 5.84. The van der Waals surface area contributed by atoms with Crippen LogP contribution in [-0.2, 0) is 16.0 Å². The Hall–Kier alpha value is -4.12. The van der Waals surface area contributed by atoms with E-state index in [0.717, 1.165) is 5.56 Å². The maximum Gasteiger partial charge on any atom is 0.414 e. The van der Waals surface area contributed by atoms with E-state index in [-0.39, 0.29) is 25.4 Å². The second-order valence-corrected chi connectivity index (χ2v) is 8.19. The van der Waals surface area contributed by atoms with Gasteiger partial charge in [0.1, 0.15) is 19.3 Å². The maximum atomic E-state index is 12.7. The Balaban J connectivity index is 1.18. The fourth-order valence-electron chi connectivity index (χ4n) is 4.05. The zero-order valence-corrected chi connectivity index (χ0v) is 19.1. The normalized spacial score (nSPS) is 17.7. The quantitative estimate of drug-likeness (QED) is 0.515. The summed E-state index contributed by atoms with van der Waals surface area (Å²) >= 11 is 0. The average molecular weight is 479 g/mol. The van der Waals surface area contributed by atoms with Crippen molar-refractivity contribution in [2.24, 2.45) is 5.73 Å². The zero-order chi connectivity index (χ0) is 24.4. The molecule has 3 N–H and O–H groups in total. The highest BCUT2D eigenvalue weighted by atomic mass is 16.6. The number of nitrogens with two attached hydrogens (primary N) is 1. The van der Waals surface area contributed by atoms with Gasteiger partial charge in [0.25, 0.3) is 0 Å². The van der Waals surface area contributed by atoms with Gasteiger partial charge in [-0.15, -0.1) is 0 Å². The Morgan fingerprint density at radius 3 is 2.89 bits per heavy atom. The van der Waals surface area contributed by atoms with E-state index in [1.165, 1.54) is 12.0 Å². The van der Waals surface area contributed by atoms with E-state index in [0.29, 0.717) is 47.3 Å². The van der Waals surface area contributed by atoms with Crippen LogP contribution in [0.1, 0.15) is 5.56 Å². The highest BCUT2D eigenvalue weighted by molar-refractivity contribution is 5.90. The number of aromatic nitrogens is 2. The number of methoxy groups -OCH3 is 1. The number of nitrogens with one attached hydrogen (secondary N) is 1. The van der Waals surface area contributed by atoms with E-state index in [1.54, 1.807) is 42.6 Å². The molecule has 2 aliphatic heterocycles. The van der Waals surface area contributed by atoms with Gasteiger partial charge in [0.05, 0.1) is 43.0 Å². The third kappa shape index (κ3) is 4.76. The van der Waals surface area contributed by atoms with Gasteiger partial charge >= 0.3 is 6.09 Å². The molecule has 2 amide bonds. The molecule has 2 aromatic heterocycles. The minimum Gasteiger partial charge on any atom is -0.486 e. The van der Waals surface area contributed by atoms with Gasteiger partial charge in [0.15, 0.2) is 11.5 Å². The number of hydrogen-bond acceptors (Lipinski definition) is 9. The minimum absolute atomic E-state index is 0.141. The van der Waals surface area contributed by atoms with Crippen molar-refractivity contribution in [3.8, 4) is 17.4 Å². The first-order chi connectivity index (χ1) is 17.0. The van der Waals surface area contributed by atoms with Crippen molar-refractivity contribution in [1.82, 2.24) is 15.3 Å². The van der Waals surface area contributed by atoms with E-state index in [4.69, 9.17) is 24.7 Å². The summed E-state index contributed by atoms with van der Waals surface area (Å²) in [5, 5.41) is 2.78. The molecule has 0 saturated carbocycles. The topological polar surface area (TPSA) is 138 Å². The van der Waals surface area contributed by atoms with Gasteiger partial charge in [-0.25, -0.2) is 9.78 Å². The molecule has 0 spiro atoms. The molecule has 0 radical (unpaired) electrons. The van der Waals surface area contributed by atoms with Crippen LogP contribution in [0.3, 0.4) is 0 Å². The van der Waals surface area contributed by atoms with E-state index in [9.17, 15) is 9.59 Å². The predicted octanol–water partition coefficient (Wildman–Crippen LogP) is 1.42. The van der Waals surface area contributed by atoms with Crippen LogP contribution < -0.4 is 30.2 Å². The van der Waals surface area contributed by atoms with Gasteiger partial charge in [-0.1, -0.05) is 0 Å². The summed E-state index contributed by atoms with van der Waals surface area (Å²) in [5.41, 5.74) is 8.91. The molecule has 2 aliphatic rings. The Morgan fingerprint density at radius 2 is 2.06 bits per heavy atom. The number of rotatable bonds is 7. The predicted molar refractivity (Wildman–Crippen MR) is 126 cm³/mol. The summed E-state index contributed by atoms with van der Waals surface area (Å²) < 4.78 is 21.7. The molecule has 3 aromatic rings. The molecular weight excluding hydrogens is 454 g/mol. The van der Waals surface area contributed by atoms with Gasteiger partial charge in [-0.3, -0.25) is 14.7 Å². The molecule has 0 unspecified atom stereocenters. The fraction of sp³-hybridized carbons (Fsp3) is 0.333. The molecule has 0 aliphatic carbocycles. The fourth-order valence-corrected chi connectivity index (χ4v) is 4.05. The van der Waals surface area contributed by atoms with Crippen molar-refractivity contribution < 1.29 is 28.5 Å². The molecule has 11 heteroatoms. The summed E-state index contributed by atoms with van der Waals surface area (Å²) in [7, 11) is 1.54. The third-order valence-electron chi connectivity index (χ3n) is 5.84. The molecule has 182 valence electrons. The SMILES string of the molecule is COc1ccc2nccc(C[C@@H](N)C(=O)NC[C@@H]3CN(c4ccc5c(c4)OCCO5)C(=O)O3)c2n1. The average Bonchev–Trinajstić information content (AvgIpc) is 3.27. The van der Waals surface area contributed by atoms with Crippen LogP contribution in [0, 0.1) is 0 Å². The summed E-state index contributed by atoms with van der Waals surface area (Å²) in [4.78, 5) is 35.3. The molecule has 4 heterocycles. The van der Waals surface area contributed by atoms with Crippen LogP contribution >= 0.6 is 0 Å². The van der Waals surface area contributed by atoms with E-state index in [1.807, 2.05) is 0 Å². The summed E-state index contributed by atoms with van der Waals surface area (Å²) in [5.74, 6) is 1.32. The monoisotopic (exact) mass is 479 g/mol. The maximum absolute atomic E-state index is 12.7. The number of ether oxygens (including phenoxy) is 4. The molecule has 1 saturated heterocycles. The molecule has 35 heavy (non-hydrogen) atoms. The highest BCUT2D eigenvalue weighted by Gasteiger charge is 2.33. The number of anilines is 1. The lowest BCUT2D eigenvalue weighted by Crippen LogP contribution is -2.45. The Morgan fingerprint density at radius 1 is 1.23 bits per heavy atom. The van der Waals surface area contributed by atoms with E-state index < -0.39 is 18.2 Å². The highest BCUT2D eigenvalue weighted by Crippen LogP contribution is 2.35. The number of amides is 2. The van der Waals surface area contributed by atoms with Crippen LogP contribution in [-0.4, -0.2) is 67.5 Å². The second kappa shape index (κ2) is 9.63. The number of benzene rings is 1. The number of carbonyl (C=O) groups excluding carboxylic acids is 2. The Bertz CT molecular complexity index is 1270. The van der Waals surface area contributed by atoms with Crippen LogP contribution in [0.15, 0.2) is 42.6 Å². The van der Waals surface area contributed by atoms with Crippen molar-refractivity contribution in [3.05, 3.63) is 48.2 Å². The van der Waals surface area contributed by atoms with Crippen LogP contribution in [0.5, 0.6) is 17.4 Å². The van der Waals surface area contributed by atoms with Crippen LogP contribution in [0.25, 0.3) is 11.0 Å². The summed E-state index contributed by atoms with van der Waals surface area (Å²) in [6.07, 6.45) is 0.910. The Labute approximate surface area is 201 Å². The van der Waals surface area contributed by atoms with Crippen molar-refractivity contribution in [3.63, 3.8) is 0 Å². The van der Waals surface area contributed by atoms with Gasteiger partial charge in [0, 0.05) is 18.3 Å². The van der Waals surface area contributed by atoms with Crippen LogP contribution in [0.4, 0.5) is 10.5 Å². The standard InChI is InChI=1S/C24H25N5O6/c1-32-21-5-3-18-22(28-21)14(6-7-26-18)10-17(25)23(30)27-12-16-13-29(24(31)35-16)15-2-4-19-20(11-15)34-9-8-33-19/h2-7,11,16-17H,8-10,12-13,25H2,1H3,(H,27,30)/t16-,17-/m1/s1. The lowest BCUT2D eigenvalue weighted by atomic mass is 10.0. The zero-order valence-electron chi connectivity index (χ0n) is 19.1. The van der Waals surface area contributed by atoms with Crippen LogP contribution in [0.2, 0.25) is 0 Å². The first-order valence-corrected chi connectivity index (χ1v) is 11.2. The van der Waals surface area contributed by atoms with Gasteiger partial charge in [-0.05, 0) is 36.2 Å². The molecule has 2 atom stereocenters. The minimum atomic E-state index is -0.820. The molecule has 0 bridgehead atoms. The molecular formula is C24H25N5O6. The lowest BCUT2D eigenvalue weighted by Gasteiger charge is -2.21. The molecule has 11 nitrogen and oxygen atoms in total.